The van der Waals surface area contributed by atoms with Gasteiger partial charge in [0.15, 0.2) is 12.0 Å². The maximum absolute atomic E-state index is 11.0. The average Bonchev–Trinajstić information content (AvgIpc) is 2.72. The van der Waals surface area contributed by atoms with Gasteiger partial charge in [-0.25, -0.2) is 0 Å². The summed E-state index contributed by atoms with van der Waals surface area (Å²) >= 11 is 0. The summed E-state index contributed by atoms with van der Waals surface area (Å²) in [6, 6.07) is 8.06. The van der Waals surface area contributed by atoms with Gasteiger partial charge < -0.3 is 4.52 Å². The Morgan fingerprint density at radius 1 is 1.29 bits per heavy atom. The van der Waals surface area contributed by atoms with E-state index in [2.05, 4.69) is 24.2 Å². The van der Waals surface area contributed by atoms with Crippen LogP contribution in [0.4, 0.5) is 0 Å². The van der Waals surface area contributed by atoms with Gasteiger partial charge in [-0.1, -0.05) is 42.8 Å². The summed E-state index contributed by atoms with van der Waals surface area (Å²) in [6.45, 7) is 3.92. The third kappa shape index (κ3) is 2.28. The Morgan fingerprint density at radius 3 is 2.59 bits per heavy atom. The van der Waals surface area contributed by atoms with Crippen LogP contribution >= 0.6 is 0 Å². The Hall–Kier alpha value is -1.90. The Labute approximate surface area is 100 Å². The predicted molar refractivity (Wildman–Crippen MR) is 66.1 cm³/mol. The van der Waals surface area contributed by atoms with Crippen LogP contribution in [-0.4, -0.2) is 11.4 Å². The van der Waals surface area contributed by atoms with Gasteiger partial charge in [0.1, 0.15) is 0 Å². The minimum absolute atomic E-state index is 0.535. The fourth-order valence-electron chi connectivity index (χ4n) is 1.84. The fourth-order valence-corrected chi connectivity index (χ4v) is 1.84. The second kappa shape index (κ2) is 4.95. The van der Waals surface area contributed by atoms with E-state index in [1.807, 2.05) is 12.1 Å². The summed E-state index contributed by atoms with van der Waals surface area (Å²) in [6.07, 6.45) is 2.98. The number of carbonyl (C=O) groups is 1. The lowest BCUT2D eigenvalue weighted by atomic mass is 10.0. The maximum Gasteiger partial charge on any atom is 0.177 e. The molecule has 2 aromatic rings. The number of carbonyl (C=O) groups excluding carboxylic acids is 1. The van der Waals surface area contributed by atoms with Crippen molar-refractivity contribution < 1.29 is 9.32 Å². The number of nitrogens with zero attached hydrogens (tertiary/aromatic N) is 1. The van der Waals surface area contributed by atoms with Gasteiger partial charge in [0.2, 0.25) is 0 Å². The molecule has 17 heavy (non-hydrogen) atoms. The Morgan fingerprint density at radius 2 is 2.00 bits per heavy atom. The van der Waals surface area contributed by atoms with Crippen LogP contribution in [0.15, 0.2) is 28.8 Å². The third-order valence-electron chi connectivity index (χ3n) is 2.78. The molecule has 0 amide bonds. The first-order valence-electron chi connectivity index (χ1n) is 5.77. The Kier molecular flexibility index (Phi) is 3.38. The number of aromatic nitrogens is 1. The monoisotopic (exact) mass is 229 g/mol. The second-order valence-electron chi connectivity index (χ2n) is 4.08. The van der Waals surface area contributed by atoms with Gasteiger partial charge in [-0.3, -0.25) is 4.79 Å². The lowest BCUT2D eigenvalue weighted by molar-refractivity contribution is 0.112. The molecule has 0 aliphatic carbocycles. The number of hydrogen-bond donors (Lipinski definition) is 0. The number of benzene rings is 1. The first kappa shape index (κ1) is 11.6. The van der Waals surface area contributed by atoms with Crippen LogP contribution in [0.5, 0.6) is 0 Å². The summed E-state index contributed by atoms with van der Waals surface area (Å²) in [5, 5.41) is 3.82. The molecule has 0 saturated heterocycles. The molecule has 0 unspecified atom stereocenters. The first-order chi connectivity index (χ1) is 8.26. The molecule has 0 atom stereocenters. The number of aldehydes is 1. The van der Waals surface area contributed by atoms with Crippen LogP contribution < -0.4 is 0 Å². The molecular formula is C14H15NO2. The topological polar surface area (TPSA) is 43.1 Å². The van der Waals surface area contributed by atoms with Crippen molar-refractivity contribution >= 4 is 6.29 Å². The van der Waals surface area contributed by atoms with Crippen LogP contribution in [0.3, 0.4) is 0 Å². The smallest absolute Gasteiger partial charge is 0.177 e. The van der Waals surface area contributed by atoms with Gasteiger partial charge in [0.05, 0.1) is 11.3 Å². The standard InChI is InChI=1S/C14H15NO2/c1-3-4-11-5-7-12(8-6-11)14-13(9-16)10(2)15-17-14/h5-9H,3-4H2,1-2H3. The van der Waals surface area contributed by atoms with Gasteiger partial charge in [-0.15, -0.1) is 0 Å². The van der Waals surface area contributed by atoms with Crippen molar-refractivity contribution in [3.63, 3.8) is 0 Å². The molecule has 1 aromatic heterocycles. The van der Waals surface area contributed by atoms with E-state index in [1.165, 1.54) is 5.56 Å². The van der Waals surface area contributed by atoms with Crippen molar-refractivity contribution in [3.05, 3.63) is 41.1 Å². The summed E-state index contributed by atoms with van der Waals surface area (Å²) < 4.78 is 5.19. The zero-order valence-corrected chi connectivity index (χ0v) is 10.1. The van der Waals surface area contributed by atoms with E-state index in [4.69, 9.17) is 4.52 Å². The molecule has 0 aliphatic heterocycles. The largest absolute Gasteiger partial charge is 0.355 e. The van der Waals surface area contributed by atoms with E-state index in [9.17, 15) is 4.79 Å². The molecule has 2 rings (SSSR count). The summed E-state index contributed by atoms with van der Waals surface area (Å²) in [5.41, 5.74) is 3.36. The summed E-state index contributed by atoms with van der Waals surface area (Å²) in [4.78, 5) is 11.0. The number of hydrogen-bond acceptors (Lipinski definition) is 3. The van der Waals surface area contributed by atoms with Gasteiger partial charge in [0, 0.05) is 5.56 Å². The van der Waals surface area contributed by atoms with Gasteiger partial charge in [-0.05, 0) is 18.9 Å². The number of rotatable bonds is 4. The van der Waals surface area contributed by atoms with Crippen molar-refractivity contribution in [2.24, 2.45) is 0 Å². The minimum Gasteiger partial charge on any atom is -0.355 e. The third-order valence-corrected chi connectivity index (χ3v) is 2.78. The molecular weight excluding hydrogens is 214 g/mol. The average molecular weight is 229 g/mol. The quantitative estimate of drug-likeness (QED) is 0.754. The summed E-state index contributed by atoms with van der Waals surface area (Å²) in [5.74, 6) is 0.556. The van der Waals surface area contributed by atoms with Crippen LogP contribution in [-0.2, 0) is 6.42 Å². The van der Waals surface area contributed by atoms with E-state index in [-0.39, 0.29) is 0 Å². The van der Waals surface area contributed by atoms with E-state index in [1.54, 1.807) is 6.92 Å². The van der Waals surface area contributed by atoms with Crippen molar-refractivity contribution in [1.82, 2.24) is 5.16 Å². The van der Waals surface area contributed by atoms with Crippen LogP contribution in [0.25, 0.3) is 11.3 Å². The molecule has 1 heterocycles. The highest BCUT2D eigenvalue weighted by molar-refractivity contribution is 5.86. The fraction of sp³-hybridized carbons (Fsp3) is 0.286. The molecule has 3 nitrogen and oxygen atoms in total. The van der Waals surface area contributed by atoms with Crippen LogP contribution in [0.1, 0.15) is 35.0 Å². The van der Waals surface area contributed by atoms with Gasteiger partial charge >= 0.3 is 0 Å². The van der Waals surface area contributed by atoms with Crippen molar-refractivity contribution in [2.45, 2.75) is 26.7 Å². The first-order valence-corrected chi connectivity index (χ1v) is 5.77. The molecule has 0 spiro atoms. The molecule has 0 bridgehead atoms. The Bertz CT molecular complexity index is 512. The molecule has 0 fully saturated rings. The molecule has 0 saturated carbocycles. The van der Waals surface area contributed by atoms with Crippen LogP contribution in [0, 0.1) is 6.92 Å². The SMILES string of the molecule is CCCc1ccc(-c2onc(C)c2C=O)cc1. The lowest BCUT2D eigenvalue weighted by Gasteiger charge is -2.00. The molecule has 88 valence electrons. The molecule has 0 radical (unpaired) electrons. The maximum atomic E-state index is 11.0. The lowest BCUT2D eigenvalue weighted by Crippen LogP contribution is -1.86. The minimum atomic E-state index is 0.535. The predicted octanol–water partition coefficient (Wildman–Crippen LogP) is 3.42. The van der Waals surface area contributed by atoms with Crippen molar-refractivity contribution in [3.8, 4) is 11.3 Å². The zero-order chi connectivity index (χ0) is 12.3. The van der Waals surface area contributed by atoms with E-state index in [0.717, 1.165) is 24.7 Å². The highest BCUT2D eigenvalue weighted by Gasteiger charge is 2.13. The molecule has 0 N–H and O–H groups in total. The molecule has 3 heteroatoms. The Balaban J connectivity index is 2.36. The van der Waals surface area contributed by atoms with Crippen molar-refractivity contribution in [1.29, 1.82) is 0 Å². The molecule has 1 aromatic carbocycles. The highest BCUT2D eigenvalue weighted by atomic mass is 16.5. The van der Waals surface area contributed by atoms with E-state index < -0.39 is 0 Å². The number of aryl methyl sites for hydroxylation is 2. The molecule has 0 aliphatic rings. The van der Waals surface area contributed by atoms with Gasteiger partial charge in [0.25, 0.3) is 0 Å². The van der Waals surface area contributed by atoms with Gasteiger partial charge in [-0.2, -0.15) is 0 Å². The second-order valence-corrected chi connectivity index (χ2v) is 4.08. The zero-order valence-electron chi connectivity index (χ0n) is 10.1. The summed E-state index contributed by atoms with van der Waals surface area (Å²) in [7, 11) is 0. The van der Waals surface area contributed by atoms with Crippen LogP contribution in [0.2, 0.25) is 0 Å². The van der Waals surface area contributed by atoms with E-state index in [0.29, 0.717) is 17.0 Å². The highest BCUT2D eigenvalue weighted by Crippen LogP contribution is 2.25. The van der Waals surface area contributed by atoms with Crippen molar-refractivity contribution in [2.75, 3.05) is 0 Å². The normalized spacial score (nSPS) is 10.5. The van der Waals surface area contributed by atoms with E-state index >= 15 is 0 Å².